The maximum absolute atomic E-state index is 11.9. The minimum Gasteiger partial charge on any atom is -0.352 e. The molecule has 0 spiro atoms. The number of hydrogen-bond donors (Lipinski definition) is 1. The van der Waals surface area contributed by atoms with Crippen LogP contribution in [0.5, 0.6) is 0 Å². The predicted octanol–water partition coefficient (Wildman–Crippen LogP) is 4.19. The van der Waals surface area contributed by atoms with Crippen molar-refractivity contribution in [2.45, 2.75) is 19.4 Å². The zero-order valence-corrected chi connectivity index (χ0v) is 13.1. The van der Waals surface area contributed by atoms with Gasteiger partial charge in [0.05, 0.1) is 4.20 Å². The summed E-state index contributed by atoms with van der Waals surface area (Å²) in [7, 11) is 0. The molecule has 1 amide bonds. The highest BCUT2D eigenvalue weighted by Crippen LogP contribution is 2.27. The van der Waals surface area contributed by atoms with Gasteiger partial charge in [-0.3, -0.25) is 4.79 Å². The number of amides is 1. The Morgan fingerprint density at radius 1 is 1.19 bits per heavy atom. The van der Waals surface area contributed by atoms with E-state index >= 15 is 0 Å². The summed E-state index contributed by atoms with van der Waals surface area (Å²) < 4.78 is 0.951. The minimum atomic E-state index is 0.0553. The van der Waals surface area contributed by atoms with Gasteiger partial charge in [0.1, 0.15) is 0 Å². The van der Waals surface area contributed by atoms with Crippen LogP contribution in [0.1, 0.15) is 18.4 Å². The Morgan fingerprint density at radius 2 is 2.00 bits per heavy atom. The van der Waals surface area contributed by atoms with E-state index < -0.39 is 0 Å². The maximum atomic E-state index is 11.9. The van der Waals surface area contributed by atoms with Crippen molar-refractivity contribution in [2.75, 3.05) is 0 Å². The highest BCUT2D eigenvalue weighted by atomic mass is 32.2. The van der Waals surface area contributed by atoms with Crippen molar-refractivity contribution in [3.8, 4) is 0 Å². The van der Waals surface area contributed by atoms with Crippen molar-refractivity contribution >= 4 is 44.9 Å². The summed E-state index contributed by atoms with van der Waals surface area (Å²) in [4.78, 5) is 11.9. The largest absolute Gasteiger partial charge is 0.352 e. The van der Waals surface area contributed by atoms with Crippen LogP contribution in [0.15, 0.2) is 53.4 Å². The average Bonchev–Trinajstić information content (AvgIpc) is 2.90. The van der Waals surface area contributed by atoms with Crippen LogP contribution in [-0.2, 0) is 11.3 Å². The number of fused-ring (bicyclic) bond motifs is 1. The van der Waals surface area contributed by atoms with Gasteiger partial charge in [-0.25, -0.2) is 0 Å². The topological polar surface area (TPSA) is 29.1 Å². The van der Waals surface area contributed by atoms with E-state index in [2.05, 4.69) is 35.6 Å². The van der Waals surface area contributed by atoms with Gasteiger partial charge in [-0.15, -0.1) is 0 Å². The number of carbonyl (C=O) groups excluding carboxylic acids is 1. The monoisotopic (exact) mass is 313 g/mol. The first-order chi connectivity index (χ1) is 10.2. The second kappa shape index (κ2) is 6.41. The number of carbonyl (C=O) groups is 1. The Bertz CT molecular complexity index is 736. The molecule has 0 fully saturated rings. The highest BCUT2D eigenvalue weighted by Gasteiger charge is 2.13. The molecular formula is C17H15NOS2. The lowest BCUT2D eigenvalue weighted by molar-refractivity contribution is -0.120. The maximum Gasteiger partial charge on any atom is 0.224 e. The molecule has 2 nitrogen and oxygen atoms in total. The van der Waals surface area contributed by atoms with E-state index in [1.54, 1.807) is 11.8 Å². The molecule has 3 rings (SSSR count). The van der Waals surface area contributed by atoms with Crippen LogP contribution in [0.2, 0.25) is 0 Å². The zero-order valence-electron chi connectivity index (χ0n) is 11.5. The summed E-state index contributed by atoms with van der Waals surface area (Å²) in [6.07, 6.45) is 1.21. The Morgan fingerprint density at radius 3 is 2.76 bits per heavy atom. The van der Waals surface area contributed by atoms with Gasteiger partial charge in [0.25, 0.3) is 0 Å². The fourth-order valence-electron chi connectivity index (χ4n) is 2.34. The summed E-state index contributed by atoms with van der Waals surface area (Å²) in [5.74, 6) is 0.0553. The van der Waals surface area contributed by atoms with Crippen LogP contribution < -0.4 is 5.32 Å². The lowest BCUT2D eigenvalue weighted by Gasteiger charge is -2.07. The Hall–Kier alpha value is -1.65. The van der Waals surface area contributed by atoms with E-state index in [1.807, 2.05) is 17.5 Å². The number of thioether (sulfide) groups is 1. The normalized spacial score (nSPS) is 14.3. The van der Waals surface area contributed by atoms with Crippen LogP contribution in [0.3, 0.4) is 0 Å². The third kappa shape index (κ3) is 3.71. The smallest absolute Gasteiger partial charge is 0.224 e. The van der Waals surface area contributed by atoms with Gasteiger partial charge >= 0.3 is 0 Å². The lowest BCUT2D eigenvalue weighted by atomic mass is 10.1. The van der Waals surface area contributed by atoms with Crippen molar-refractivity contribution < 1.29 is 4.79 Å². The van der Waals surface area contributed by atoms with Crippen molar-refractivity contribution in [2.24, 2.45) is 0 Å². The summed E-state index contributed by atoms with van der Waals surface area (Å²) in [6, 6.07) is 14.5. The minimum absolute atomic E-state index is 0.0553. The van der Waals surface area contributed by atoms with Gasteiger partial charge in [0.2, 0.25) is 5.91 Å². The Balaban J connectivity index is 1.58. The first-order valence-electron chi connectivity index (χ1n) is 6.82. The first-order valence-corrected chi connectivity index (χ1v) is 8.11. The van der Waals surface area contributed by atoms with Gasteiger partial charge in [-0.1, -0.05) is 60.4 Å². The van der Waals surface area contributed by atoms with E-state index in [1.165, 1.54) is 10.8 Å². The number of hydrogen-bond acceptors (Lipinski definition) is 3. The number of nitrogens with one attached hydrogen (secondary N) is 1. The molecule has 21 heavy (non-hydrogen) atoms. The predicted molar refractivity (Wildman–Crippen MR) is 93.3 cm³/mol. The van der Waals surface area contributed by atoms with Gasteiger partial charge < -0.3 is 5.32 Å². The van der Waals surface area contributed by atoms with Crippen molar-refractivity contribution in [1.29, 1.82) is 0 Å². The molecule has 0 saturated carbocycles. The summed E-state index contributed by atoms with van der Waals surface area (Å²) in [5.41, 5.74) is 2.23. The molecule has 106 valence electrons. The second-order valence-electron chi connectivity index (χ2n) is 5.08. The molecule has 0 aromatic heterocycles. The summed E-state index contributed by atoms with van der Waals surface area (Å²) in [5, 5.41) is 7.39. The first kappa shape index (κ1) is 14.3. The van der Waals surface area contributed by atoms with Gasteiger partial charge in [-0.05, 0) is 33.4 Å². The van der Waals surface area contributed by atoms with Crippen LogP contribution in [0.4, 0.5) is 0 Å². The van der Waals surface area contributed by atoms with Gasteiger partial charge in [-0.2, -0.15) is 0 Å². The SMILES string of the molecule is O=C(CC1=CSC(=S)C1)NCc1ccc2ccccc2c1. The lowest BCUT2D eigenvalue weighted by Crippen LogP contribution is -2.22. The molecule has 0 bridgehead atoms. The highest BCUT2D eigenvalue weighted by molar-refractivity contribution is 8.25. The molecule has 2 aromatic carbocycles. The molecule has 0 saturated heterocycles. The van der Waals surface area contributed by atoms with Crippen molar-refractivity contribution in [3.63, 3.8) is 0 Å². The third-order valence-electron chi connectivity index (χ3n) is 3.42. The van der Waals surface area contributed by atoms with E-state index in [0.717, 1.165) is 21.8 Å². The van der Waals surface area contributed by atoms with E-state index in [9.17, 15) is 4.79 Å². The molecular weight excluding hydrogens is 298 g/mol. The Labute approximate surface area is 133 Å². The van der Waals surface area contributed by atoms with Gasteiger partial charge in [0.15, 0.2) is 0 Å². The molecule has 0 radical (unpaired) electrons. The molecule has 4 heteroatoms. The Kier molecular flexibility index (Phi) is 4.36. The number of rotatable bonds is 4. The van der Waals surface area contributed by atoms with Gasteiger partial charge in [0, 0.05) is 19.4 Å². The summed E-state index contributed by atoms with van der Waals surface area (Å²) >= 11 is 6.67. The van der Waals surface area contributed by atoms with E-state index in [4.69, 9.17) is 12.2 Å². The molecule has 1 heterocycles. The van der Waals surface area contributed by atoms with Crippen LogP contribution in [-0.4, -0.2) is 10.1 Å². The van der Waals surface area contributed by atoms with E-state index in [0.29, 0.717) is 13.0 Å². The zero-order chi connectivity index (χ0) is 14.7. The standard InChI is InChI=1S/C17H15NOS2/c19-16(8-13-9-17(20)21-11-13)18-10-12-5-6-14-3-1-2-4-15(14)7-12/h1-7,11H,8-10H2,(H,18,19). The molecule has 1 aliphatic rings. The second-order valence-corrected chi connectivity index (χ2v) is 6.79. The van der Waals surface area contributed by atoms with Crippen LogP contribution >= 0.6 is 24.0 Å². The molecule has 0 aliphatic carbocycles. The van der Waals surface area contributed by atoms with Crippen molar-refractivity contribution in [1.82, 2.24) is 5.32 Å². The average molecular weight is 313 g/mol. The quantitative estimate of drug-likeness (QED) is 0.858. The molecule has 1 N–H and O–H groups in total. The van der Waals surface area contributed by atoms with E-state index in [-0.39, 0.29) is 5.91 Å². The molecule has 0 unspecified atom stereocenters. The number of thiocarbonyl (C=S) groups is 1. The van der Waals surface area contributed by atoms with Crippen LogP contribution in [0, 0.1) is 0 Å². The fraction of sp³-hybridized carbons (Fsp3) is 0.176. The third-order valence-corrected chi connectivity index (χ3v) is 4.71. The fourth-order valence-corrected chi connectivity index (χ4v) is 3.40. The molecule has 0 atom stereocenters. The molecule has 2 aromatic rings. The van der Waals surface area contributed by atoms with Crippen LogP contribution in [0.25, 0.3) is 10.8 Å². The molecule has 1 aliphatic heterocycles. The van der Waals surface area contributed by atoms with Crippen molar-refractivity contribution in [3.05, 3.63) is 59.0 Å². The number of benzene rings is 2. The summed E-state index contributed by atoms with van der Waals surface area (Å²) in [6.45, 7) is 0.564.